The number of rotatable bonds is 6. The average molecular weight is 248 g/mol. The lowest BCUT2D eigenvalue weighted by Crippen LogP contribution is -2.30. The Bertz CT molecular complexity index is 378. The van der Waals surface area contributed by atoms with Crippen LogP contribution in [0, 0.1) is 0 Å². The number of Topliss-reactive ketones (excluding diaryl/α,β-unsaturated/α-hetero) is 1. The Morgan fingerprint density at radius 1 is 1.39 bits per heavy atom. The van der Waals surface area contributed by atoms with Crippen molar-refractivity contribution in [2.75, 3.05) is 13.1 Å². The number of nitrogens with zero attached hydrogens (tertiary/aromatic N) is 1. The van der Waals surface area contributed by atoms with Crippen LogP contribution in [0.2, 0.25) is 0 Å². The number of aromatic nitrogens is 1. The number of hydrogen-bond donors (Lipinski definition) is 1. The van der Waals surface area contributed by atoms with Gasteiger partial charge in [0.2, 0.25) is 0 Å². The summed E-state index contributed by atoms with van der Waals surface area (Å²) < 4.78 is 2.20. The molecule has 18 heavy (non-hydrogen) atoms. The van der Waals surface area contributed by atoms with Crippen molar-refractivity contribution < 1.29 is 4.79 Å². The van der Waals surface area contributed by atoms with Gasteiger partial charge in [-0.25, -0.2) is 0 Å². The fourth-order valence-electron chi connectivity index (χ4n) is 2.70. The molecule has 0 amide bonds. The van der Waals surface area contributed by atoms with E-state index in [4.69, 9.17) is 0 Å². The average Bonchev–Trinajstić information content (AvgIpc) is 2.89. The van der Waals surface area contributed by atoms with E-state index in [9.17, 15) is 4.79 Å². The predicted octanol–water partition coefficient (Wildman–Crippen LogP) is 3.18. The lowest BCUT2D eigenvalue weighted by molar-refractivity contribution is 0.0967. The van der Waals surface area contributed by atoms with Crippen molar-refractivity contribution in [1.29, 1.82) is 0 Å². The third-order valence-electron chi connectivity index (χ3n) is 3.77. The Labute approximate surface area is 110 Å². The van der Waals surface area contributed by atoms with Gasteiger partial charge in [0.25, 0.3) is 0 Å². The van der Waals surface area contributed by atoms with Crippen molar-refractivity contribution in [1.82, 2.24) is 9.88 Å². The minimum Gasteiger partial charge on any atom is -0.342 e. The normalized spacial score (nSPS) is 16.9. The number of unbranched alkanes of at least 4 members (excludes halogenated alkanes) is 2. The highest BCUT2D eigenvalue weighted by Crippen LogP contribution is 2.22. The van der Waals surface area contributed by atoms with E-state index in [1.807, 2.05) is 12.1 Å². The SMILES string of the molecule is CCCCCC(=O)c1cccn1C1CCNCC1. The third kappa shape index (κ3) is 3.22. The Morgan fingerprint density at radius 3 is 2.89 bits per heavy atom. The van der Waals surface area contributed by atoms with Crippen molar-refractivity contribution in [3.05, 3.63) is 24.0 Å². The van der Waals surface area contributed by atoms with Crippen LogP contribution in [-0.2, 0) is 0 Å². The lowest BCUT2D eigenvalue weighted by atomic mass is 10.0. The largest absolute Gasteiger partial charge is 0.342 e. The number of carbonyl (C=O) groups is 1. The van der Waals surface area contributed by atoms with E-state index in [0.717, 1.165) is 44.5 Å². The summed E-state index contributed by atoms with van der Waals surface area (Å²) >= 11 is 0. The summed E-state index contributed by atoms with van der Waals surface area (Å²) in [6.07, 6.45) is 8.37. The summed E-state index contributed by atoms with van der Waals surface area (Å²) in [6.45, 7) is 4.29. The highest BCUT2D eigenvalue weighted by molar-refractivity contribution is 5.94. The van der Waals surface area contributed by atoms with Gasteiger partial charge in [0.1, 0.15) is 0 Å². The molecule has 0 radical (unpaired) electrons. The second kappa shape index (κ2) is 6.74. The Balaban J connectivity index is 1.99. The molecule has 0 aromatic carbocycles. The monoisotopic (exact) mass is 248 g/mol. The fraction of sp³-hybridized carbons (Fsp3) is 0.667. The number of hydrogen-bond acceptors (Lipinski definition) is 2. The van der Waals surface area contributed by atoms with Gasteiger partial charge in [-0.05, 0) is 44.5 Å². The van der Waals surface area contributed by atoms with Crippen LogP contribution >= 0.6 is 0 Å². The van der Waals surface area contributed by atoms with Crippen LogP contribution in [0.1, 0.15) is 62.0 Å². The molecule has 1 aliphatic rings. The van der Waals surface area contributed by atoms with E-state index in [1.165, 1.54) is 6.42 Å². The van der Waals surface area contributed by atoms with Crippen molar-refractivity contribution in [3.63, 3.8) is 0 Å². The summed E-state index contributed by atoms with van der Waals surface area (Å²) in [5, 5.41) is 3.37. The fourth-order valence-corrected chi connectivity index (χ4v) is 2.70. The Morgan fingerprint density at radius 2 is 2.17 bits per heavy atom. The summed E-state index contributed by atoms with van der Waals surface area (Å²) in [5.74, 6) is 0.312. The van der Waals surface area contributed by atoms with Gasteiger partial charge in [0.05, 0.1) is 5.69 Å². The molecular formula is C15H24N2O. The van der Waals surface area contributed by atoms with Gasteiger partial charge in [-0.1, -0.05) is 19.8 Å². The number of nitrogens with one attached hydrogen (secondary N) is 1. The maximum atomic E-state index is 12.2. The lowest BCUT2D eigenvalue weighted by Gasteiger charge is -2.25. The van der Waals surface area contributed by atoms with Crippen LogP contribution in [0.15, 0.2) is 18.3 Å². The molecule has 2 heterocycles. The van der Waals surface area contributed by atoms with Crippen LogP contribution in [-0.4, -0.2) is 23.4 Å². The van der Waals surface area contributed by atoms with Crippen molar-refractivity contribution in [2.24, 2.45) is 0 Å². The third-order valence-corrected chi connectivity index (χ3v) is 3.77. The topological polar surface area (TPSA) is 34.0 Å². The van der Waals surface area contributed by atoms with E-state index < -0.39 is 0 Å². The zero-order chi connectivity index (χ0) is 12.8. The number of piperidine rings is 1. The molecule has 0 bridgehead atoms. The first-order valence-corrected chi connectivity index (χ1v) is 7.23. The highest BCUT2D eigenvalue weighted by atomic mass is 16.1. The molecule has 3 nitrogen and oxygen atoms in total. The van der Waals surface area contributed by atoms with Gasteiger partial charge in [0, 0.05) is 18.7 Å². The molecule has 2 rings (SSSR count). The van der Waals surface area contributed by atoms with E-state index in [0.29, 0.717) is 18.2 Å². The molecule has 0 unspecified atom stereocenters. The minimum absolute atomic E-state index is 0.312. The van der Waals surface area contributed by atoms with Crippen molar-refractivity contribution in [3.8, 4) is 0 Å². The van der Waals surface area contributed by atoms with Gasteiger partial charge in [-0.2, -0.15) is 0 Å². The van der Waals surface area contributed by atoms with Crippen LogP contribution in [0.5, 0.6) is 0 Å². The standard InChI is InChI=1S/C15H24N2O/c1-2-3-4-7-15(18)14-6-5-12-17(14)13-8-10-16-11-9-13/h5-6,12-13,16H,2-4,7-11H2,1H3. The van der Waals surface area contributed by atoms with E-state index in [1.54, 1.807) is 0 Å². The molecule has 1 fully saturated rings. The van der Waals surface area contributed by atoms with E-state index >= 15 is 0 Å². The molecule has 1 saturated heterocycles. The molecule has 3 heteroatoms. The Hall–Kier alpha value is -1.09. The zero-order valence-electron chi connectivity index (χ0n) is 11.3. The Kier molecular flexibility index (Phi) is 5.00. The molecule has 1 aromatic heterocycles. The molecule has 0 spiro atoms. The summed E-state index contributed by atoms with van der Waals surface area (Å²) in [6, 6.07) is 4.50. The molecule has 100 valence electrons. The van der Waals surface area contributed by atoms with Crippen LogP contribution in [0.3, 0.4) is 0 Å². The molecule has 0 atom stereocenters. The van der Waals surface area contributed by atoms with Crippen LogP contribution in [0.25, 0.3) is 0 Å². The first-order valence-electron chi connectivity index (χ1n) is 7.23. The smallest absolute Gasteiger partial charge is 0.179 e. The zero-order valence-corrected chi connectivity index (χ0v) is 11.3. The first-order chi connectivity index (χ1) is 8.83. The predicted molar refractivity (Wildman–Crippen MR) is 74.0 cm³/mol. The minimum atomic E-state index is 0.312. The summed E-state index contributed by atoms with van der Waals surface area (Å²) in [7, 11) is 0. The van der Waals surface area contributed by atoms with E-state index in [2.05, 4.69) is 23.0 Å². The second-order valence-corrected chi connectivity index (χ2v) is 5.16. The van der Waals surface area contributed by atoms with Gasteiger partial charge in [0.15, 0.2) is 5.78 Å². The number of ketones is 1. The molecule has 1 aliphatic heterocycles. The van der Waals surface area contributed by atoms with Crippen molar-refractivity contribution in [2.45, 2.75) is 51.5 Å². The quantitative estimate of drug-likeness (QED) is 0.619. The summed E-state index contributed by atoms with van der Waals surface area (Å²) in [5.41, 5.74) is 0.915. The van der Waals surface area contributed by atoms with Crippen LogP contribution < -0.4 is 5.32 Å². The molecular weight excluding hydrogens is 224 g/mol. The van der Waals surface area contributed by atoms with Crippen LogP contribution in [0.4, 0.5) is 0 Å². The molecule has 0 aliphatic carbocycles. The van der Waals surface area contributed by atoms with E-state index in [-0.39, 0.29) is 0 Å². The van der Waals surface area contributed by atoms with Gasteiger partial charge in [-0.15, -0.1) is 0 Å². The molecule has 1 aromatic rings. The van der Waals surface area contributed by atoms with Gasteiger partial charge >= 0.3 is 0 Å². The second-order valence-electron chi connectivity index (χ2n) is 5.16. The van der Waals surface area contributed by atoms with Crippen molar-refractivity contribution >= 4 is 5.78 Å². The summed E-state index contributed by atoms with van der Waals surface area (Å²) in [4.78, 5) is 12.2. The first kappa shape index (κ1) is 13.3. The maximum Gasteiger partial charge on any atom is 0.179 e. The molecule has 1 N–H and O–H groups in total. The molecule has 0 saturated carbocycles. The van der Waals surface area contributed by atoms with Gasteiger partial charge < -0.3 is 9.88 Å². The maximum absolute atomic E-state index is 12.2. The number of carbonyl (C=O) groups excluding carboxylic acids is 1. The highest BCUT2D eigenvalue weighted by Gasteiger charge is 2.19. The van der Waals surface area contributed by atoms with Gasteiger partial charge in [-0.3, -0.25) is 4.79 Å².